The Morgan fingerprint density at radius 1 is 1.04 bits per heavy atom. The van der Waals surface area contributed by atoms with Gasteiger partial charge in [0.1, 0.15) is 12.4 Å². The first-order chi connectivity index (χ1) is 11.8. The van der Waals surface area contributed by atoms with Gasteiger partial charge in [-0.2, -0.15) is 0 Å². The van der Waals surface area contributed by atoms with Crippen molar-refractivity contribution in [3.05, 3.63) is 29.8 Å². The molecule has 1 aromatic carbocycles. The van der Waals surface area contributed by atoms with Crippen LogP contribution in [-0.2, 0) is 6.54 Å². The highest BCUT2D eigenvalue weighted by molar-refractivity contribution is 5.33. The molecule has 0 bridgehead atoms. The number of piperidine rings is 1. The molecule has 0 amide bonds. The van der Waals surface area contributed by atoms with Crippen LogP contribution >= 0.6 is 0 Å². The normalized spacial score (nSPS) is 30.8. The Labute approximate surface area is 145 Å². The maximum Gasteiger partial charge on any atom is 0.123 e. The SMILES string of the molecule is O[C@@H]1C[C@@H]2CN(Cc3ccccc3OCCN3CCCCC3)C[C@@H]21. The van der Waals surface area contributed by atoms with Crippen LogP contribution in [0.15, 0.2) is 24.3 Å². The van der Waals surface area contributed by atoms with Crippen LogP contribution in [0.5, 0.6) is 5.75 Å². The monoisotopic (exact) mass is 330 g/mol. The van der Waals surface area contributed by atoms with Gasteiger partial charge in [-0.1, -0.05) is 24.6 Å². The van der Waals surface area contributed by atoms with Crippen LogP contribution in [-0.4, -0.2) is 60.3 Å². The maximum absolute atomic E-state index is 9.84. The van der Waals surface area contributed by atoms with Crippen LogP contribution in [0.4, 0.5) is 0 Å². The van der Waals surface area contributed by atoms with Gasteiger partial charge in [-0.25, -0.2) is 0 Å². The molecule has 4 rings (SSSR count). The summed E-state index contributed by atoms with van der Waals surface area (Å²) in [5.74, 6) is 2.26. The zero-order valence-corrected chi connectivity index (χ0v) is 14.6. The van der Waals surface area contributed by atoms with E-state index < -0.39 is 0 Å². The molecule has 0 unspecified atom stereocenters. The molecule has 0 spiro atoms. The highest BCUT2D eigenvalue weighted by Gasteiger charge is 2.46. The second kappa shape index (κ2) is 7.42. The van der Waals surface area contributed by atoms with E-state index >= 15 is 0 Å². The van der Waals surface area contributed by atoms with Gasteiger partial charge in [-0.3, -0.25) is 9.80 Å². The Morgan fingerprint density at radius 3 is 2.67 bits per heavy atom. The van der Waals surface area contributed by atoms with Crippen molar-refractivity contribution >= 4 is 0 Å². The number of nitrogens with zero attached hydrogens (tertiary/aromatic N) is 2. The molecule has 1 saturated carbocycles. The van der Waals surface area contributed by atoms with Gasteiger partial charge >= 0.3 is 0 Å². The molecule has 0 aromatic heterocycles. The zero-order chi connectivity index (χ0) is 16.4. The minimum Gasteiger partial charge on any atom is -0.492 e. The van der Waals surface area contributed by atoms with Crippen LogP contribution in [0.1, 0.15) is 31.2 Å². The third-order valence-corrected chi connectivity index (χ3v) is 6.09. The van der Waals surface area contributed by atoms with Crippen molar-refractivity contribution in [1.82, 2.24) is 9.80 Å². The third kappa shape index (κ3) is 3.61. The molecule has 1 aromatic rings. The number of rotatable bonds is 6. The number of ether oxygens (including phenoxy) is 1. The molecule has 24 heavy (non-hydrogen) atoms. The molecule has 4 nitrogen and oxygen atoms in total. The summed E-state index contributed by atoms with van der Waals surface area (Å²) in [6.45, 7) is 7.38. The highest BCUT2D eigenvalue weighted by Crippen LogP contribution is 2.41. The van der Waals surface area contributed by atoms with E-state index in [4.69, 9.17) is 4.74 Å². The molecule has 2 heterocycles. The van der Waals surface area contributed by atoms with Crippen molar-refractivity contribution < 1.29 is 9.84 Å². The van der Waals surface area contributed by atoms with E-state index in [1.54, 1.807) is 0 Å². The lowest BCUT2D eigenvalue weighted by Crippen LogP contribution is -2.39. The fourth-order valence-corrected chi connectivity index (χ4v) is 4.58. The first-order valence-electron chi connectivity index (χ1n) is 9.63. The molecule has 3 atom stereocenters. The molecule has 1 N–H and O–H groups in total. The zero-order valence-electron chi connectivity index (χ0n) is 14.6. The second-order valence-corrected chi connectivity index (χ2v) is 7.78. The van der Waals surface area contributed by atoms with Crippen molar-refractivity contribution in [1.29, 1.82) is 0 Å². The first-order valence-corrected chi connectivity index (χ1v) is 9.63. The van der Waals surface area contributed by atoms with Gasteiger partial charge in [-0.15, -0.1) is 0 Å². The van der Waals surface area contributed by atoms with Crippen molar-refractivity contribution in [3.8, 4) is 5.75 Å². The van der Waals surface area contributed by atoms with Gasteiger partial charge in [0.05, 0.1) is 6.10 Å². The quantitative estimate of drug-likeness (QED) is 0.869. The second-order valence-electron chi connectivity index (χ2n) is 7.78. The number of benzene rings is 1. The van der Waals surface area contributed by atoms with E-state index in [1.165, 1.54) is 37.9 Å². The van der Waals surface area contributed by atoms with Gasteiger partial charge in [0.2, 0.25) is 0 Å². The van der Waals surface area contributed by atoms with Gasteiger partial charge in [0, 0.05) is 37.7 Å². The Balaban J connectivity index is 1.29. The van der Waals surface area contributed by atoms with Crippen molar-refractivity contribution in [2.45, 2.75) is 38.3 Å². The molecular formula is C20H30N2O2. The van der Waals surface area contributed by atoms with Gasteiger partial charge in [-0.05, 0) is 44.3 Å². The topological polar surface area (TPSA) is 35.9 Å². The van der Waals surface area contributed by atoms with Crippen molar-refractivity contribution in [3.63, 3.8) is 0 Å². The fourth-order valence-electron chi connectivity index (χ4n) is 4.58. The average molecular weight is 330 g/mol. The number of para-hydroxylation sites is 1. The van der Waals surface area contributed by atoms with E-state index in [0.29, 0.717) is 11.8 Å². The van der Waals surface area contributed by atoms with E-state index in [2.05, 4.69) is 34.1 Å². The van der Waals surface area contributed by atoms with Gasteiger partial charge in [0.15, 0.2) is 0 Å². The lowest BCUT2D eigenvalue weighted by atomic mass is 9.74. The number of aliphatic hydroxyl groups excluding tert-OH is 1. The maximum atomic E-state index is 9.84. The summed E-state index contributed by atoms with van der Waals surface area (Å²) >= 11 is 0. The standard InChI is InChI=1S/C20H30N2O2/c23-19-12-17-14-22(15-18(17)19)13-16-6-2-3-7-20(16)24-11-10-21-8-4-1-5-9-21/h2-3,6-7,17-19,23H,1,4-5,8-15H2/t17-,18+,19-/m1/s1. The molecule has 2 saturated heterocycles. The Morgan fingerprint density at radius 2 is 1.88 bits per heavy atom. The third-order valence-electron chi connectivity index (χ3n) is 6.09. The Hall–Kier alpha value is -1.10. The van der Waals surface area contributed by atoms with Crippen LogP contribution in [0.2, 0.25) is 0 Å². The smallest absolute Gasteiger partial charge is 0.123 e. The minimum absolute atomic E-state index is 0.0592. The summed E-state index contributed by atoms with van der Waals surface area (Å²) in [4.78, 5) is 5.00. The predicted octanol–water partition coefficient (Wildman–Crippen LogP) is 2.36. The number of likely N-dealkylation sites (tertiary alicyclic amines) is 2. The van der Waals surface area contributed by atoms with Crippen LogP contribution in [0.3, 0.4) is 0 Å². The van der Waals surface area contributed by atoms with Crippen LogP contribution < -0.4 is 4.74 Å². The molecule has 3 aliphatic rings. The molecule has 0 radical (unpaired) electrons. The molecule has 2 aliphatic heterocycles. The van der Waals surface area contributed by atoms with Crippen LogP contribution in [0.25, 0.3) is 0 Å². The summed E-state index contributed by atoms with van der Waals surface area (Å²) in [5.41, 5.74) is 1.28. The summed E-state index contributed by atoms with van der Waals surface area (Å²) < 4.78 is 6.12. The summed E-state index contributed by atoms with van der Waals surface area (Å²) in [6, 6.07) is 8.46. The van der Waals surface area contributed by atoms with E-state index in [1.807, 2.05) is 0 Å². The largest absolute Gasteiger partial charge is 0.492 e. The Kier molecular flexibility index (Phi) is 5.06. The van der Waals surface area contributed by atoms with E-state index in [9.17, 15) is 5.11 Å². The number of aliphatic hydroxyl groups is 1. The number of hydrogen-bond acceptors (Lipinski definition) is 4. The van der Waals surface area contributed by atoms with Gasteiger partial charge in [0.25, 0.3) is 0 Å². The fraction of sp³-hybridized carbons (Fsp3) is 0.700. The number of fused-ring (bicyclic) bond motifs is 1. The summed E-state index contributed by atoms with van der Waals surface area (Å²) in [6.07, 6.45) is 4.98. The lowest BCUT2D eigenvalue weighted by molar-refractivity contribution is -0.00435. The average Bonchev–Trinajstić information content (AvgIpc) is 2.94. The van der Waals surface area contributed by atoms with E-state index in [-0.39, 0.29) is 6.10 Å². The van der Waals surface area contributed by atoms with E-state index in [0.717, 1.165) is 45.0 Å². The highest BCUT2D eigenvalue weighted by atomic mass is 16.5. The minimum atomic E-state index is -0.0592. The van der Waals surface area contributed by atoms with Crippen molar-refractivity contribution in [2.24, 2.45) is 11.8 Å². The summed E-state index contributed by atoms with van der Waals surface area (Å²) in [7, 11) is 0. The lowest BCUT2D eigenvalue weighted by Gasteiger charge is -2.35. The molecular weight excluding hydrogens is 300 g/mol. The molecule has 1 aliphatic carbocycles. The van der Waals surface area contributed by atoms with Crippen LogP contribution in [0, 0.1) is 11.8 Å². The predicted molar refractivity (Wildman–Crippen MR) is 95.1 cm³/mol. The van der Waals surface area contributed by atoms with Gasteiger partial charge < -0.3 is 9.84 Å². The first kappa shape index (κ1) is 16.4. The molecule has 3 fully saturated rings. The number of hydrogen-bond donors (Lipinski definition) is 1. The van der Waals surface area contributed by atoms with Crippen molar-refractivity contribution in [2.75, 3.05) is 39.3 Å². The molecule has 4 heteroatoms. The Bertz CT molecular complexity index is 544. The molecule has 132 valence electrons. The summed E-state index contributed by atoms with van der Waals surface area (Å²) in [5, 5.41) is 9.84.